The lowest BCUT2D eigenvalue weighted by Crippen LogP contribution is -2.35. The molecule has 3 aliphatic rings. The van der Waals surface area contributed by atoms with E-state index < -0.39 is 0 Å². The van der Waals surface area contributed by atoms with Gasteiger partial charge >= 0.3 is 0 Å². The van der Waals surface area contributed by atoms with Gasteiger partial charge in [-0.1, -0.05) is 59.3 Å². The number of allylic oxidation sites excluding steroid dienone is 1. The summed E-state index contributed by atoms with van der Waals surface area (Å²) in [6.07, 6.45) is 16.8. The Kier molecular flexibility index (Phi) is 14.3. The number of carbonyl (C=O) groups excluding carboxylic acids is 1. The fourth-order valence-corrected chi connectivity index (χ4v) is 4.23. The van der Waals surface area contributed by atoms with Gasteiger partial charge in [0.25, 0.3) is 0 Å². The van der Waals surface area contributed by atoms with Crippen molar-refractivity contribution in [1.82, 2.24) is 15.5 Å². The second kappa shape index (κ2) is 15.8. The number of ether oxygens (including phenoxy) is 1. The number of carbonyl (C=O) groups is 1. The van der Waals surface area contributed by atoms with Crippen molar-refractivity contribution >= 4 is 6.41 Å². The Morgan fingerprint density at radius 2 is 1.79 bits per heavy atom. The lowest BCUT2D eigenvalue weighted by Gasteiger charge is -2.34. The van der Waals surface area contributed by atoms with Crippen molar-refractivity contribution in [1.29, 1.82) is 0 Å². The summed E-state index contributed by atoms with van der Waals surface area (Å²) in [4.78, 5) is 12.3. The fourth-order valence-electron chi connectivity index (χ4n) is 4.23. The first-order valence-corrected chi connectivity index (χ1v) is 13.5. The summed E-state index contributed by atoms with van der Waals surface area (Å²) in [5.41, 5.74) is 2.33. The molecule has 0 saturated heterocycles. The van der Waals surface area contributed by atoms with E-state index in [4.69, 9.17) is 4.74 Å². The highest BCUT2D eigenvalue weighted by Gasteiger charge is 2.36. The topological polar surface area (TPSA) is 53.6 Å². The van der Waals surface area contributed by atoms with Crippen LogP contribution in [0.1, 0.15) is 98.8 Å². The van der Waals surface area contributed by atoms with Gasteiger partial charge in [0.15, 0.2) is 0 Å². The van der Waals surface area contributed by atoms with Gasteiger partial charge in [-0.15, -0.1) is 0 Å². The zero-order valence-corrected chi connectivity index (χ0v) is 23.0. The maximum Gasteiger partial charge on any atom is 0.207 e. The van der Waals surface area contributed by atoms with Crippen LogP contribution in [0.4, 0.5) is 0 Å². The van der Waals surface area contributed by atoms with E-state index >= 15 is 0 Å². The van der Waals surface area contributed by atoms with Crippen molar-refractivity contribution in [2.45, 2.75) is 104 Å². The first-order valence-electron chi connectivity index (χ1n) is 13.5. The van der Waals surface area contributed by atoms with Gasteiger partial charge in [-0.2, -0.15) is 0 Å². The lowest BCUT2D eigenvalue weighted by atomic mass is 9.80. The Morgan fingerprint density at radius 1 is 1.15 bits per heavy atom. The number of amides is 1. The van der Waals surface area contributed by atoms with E-state index in [2.05, 4.69) is 49.3 Å². The Morgan fingerprint density at radius 3 is 2.18 bits per heavy atom. The zero-order valence-electron chi connectivity index (χ0n) is 23.0. The van der Waals surface area contributed by atoms with Crippen LogP contribution in [0.15, 0.2) is 11.8 Å². The van der Waals surface area contributed by atoms with E-state index in [0.29, 0.717) is 6.61 Å². The van der Waals surface area contributed by atoms with Crippen molar-refractivity contribution in [2.24, 2.45) is 17.3 Å². The van der Waals surface area contributed by atoms with Gasteiger partial charge in [0.05, 0.1) is 6.61 Å². The summed E-state index contributed by atoms with van der Waals surface area (Å²) in [5.74, 6) is 1.72. The van der Waals surface area contributed by atoms with Gasteiger partial charge < -0.3 is 20.3 Å². The second-order valence-electron chi connectivity index (χ2n) is 11.2. The molecule has 2 N–H and O–H groups in total. The molecule has 0 aromatic heterocycles. The molecule has 0 spiro atoms. The summed E-state index contributed by atoms with van der Waals surface area (Å²) in [7, 11) is 3.78. The van der Waals surface area contributed by atoms with Crippen molar-refractivity contribution in [2.75, 3.05) is 40.4 Å². The largest absolute Gasteiger partial charge is 0.381 e. The first-order chi connectivity index (χ1) is 15.7. The molecule has 3 rings (SSSR count). The SMILES string of the molecule is CC1(NC=O)CC1.CCC1(C)CC1.CNCCN(CC(C)C1CCCCC1)/C(C)=C/COC. The van der Waals surface area contributed by atoms with Crippen LogP contribution in [0.3, 0.4) is 0 Å². The molecular formula is C28H55N3O2. The van der Waals surface area contributed by atoms with E-state index in [1.54, 1.807) is 7.11 Å². The highest BCUT2D eigenvalue weighted by atomic mass is 16.5. The van der Waals surface area contributed by atoms with Gasteiger partial charge in [-0.05, 0) is 69.9 Å². The summed E-state index contributed by atoms with van der Waals surface area (Å²) in [5, 5.41) is 5.98. The molecule has 0 aromatic carbocycles. The molecule has 0 radical (unpaired) electrons. The molecular weight excluding hydrogens is 410 g/mol. The van der Waals surface area contributed by atoms with E-state index in [1.165, 1.54) is 63.6 Å². The van der Waals surface area contributed by atoms with E-state index in [9.17, 15) is 4.79 Å². The molecule has 1 unspecified atom stereocenters. The van der Waals surface area contributed by atoms with Crippen LogP contribution < -0.4 is 10.6 Å². The predicted octanol–water partition coefficient (Wildman–Crippen LogP) is 5.76. The molecule has 5 nitrogen and oxygen atoms in total. The minimum absolute atomic E-state index is 0.182. The molecule has 0 aliphatic heterocycles. The van der Waals surface area contributed by atoms with Crippen molar-refractivity contribution in [3.8, 4) is 0 Å². The number of rotatable bonds is 12. The van der Waals surface area contributed by atoms with E-state index in [0.717, 1.165) is 49.6 Å². The number of nitrogens with zero attached hydrogens (tertiary/aromatic N) is 1. The monoisotopic (exact) mass is 465 g/mol. The molecule has 0 bridgehead atoms. The summed E-state index contributed by atoms with van der Waals surface area (Å²) < 4.78 is 5.17. The average molecular weight is 466 g/mol. The van der Waals surface area contributed by atoms with Gasteiger partial charge in [0.2, 0.25) is 6.41 Å². The number of hydrogen-bond donors (Lipinski definition) is 2. The second-order valence-corrected chi connectivity index (χ2v) is 11.2. The number of hydrogen-bond acceptors (Lipinski definition) is 4. The summed E-state index contributed by atoms with van der Waals surface area (Å²) in [6, 6.07) is 0. The lowest BCUT2D eigenvalue weighted by molar-refractivity contribution is -0.110. The molecule has 194 valence electrons. The summed E-state index contributed by atoms with van der Waals surface area (Å²) in [6.45, 7) is 15.3. The maximum absolute atomic E-state index is 9.75. The molecule has 3 fully saturated rings. The first kappa shape index (κ1) is 30.0. The van der Waals surface area contributed by atoms with Crippen LogP contribution in [-0.4, -0.2) is 57.2 Å². The van der Waals surface area contributed by atoms with Gasteiger partial charge in [0.1, 0.15) is 0 Å². The molecule has 1 amide bonds. The van der Waals surface area contributed by atoms with Crippen molar-refractivity contribution in [3.05, 3.63) is 11.8 Å². The average Bonchev–Trinajstić information content (AvgIpc) is 3.75. The van der Waals surface area contributed by atoms with Crippen LogP contribution in [0.25, 0.3) is 0 Å². The zero-order chi connectivity index (χ0) is 24.7. The fraction of sp³-hybridized carbons (Fsp3) is 0.893. The van der Waals surface area contributed by atoms with Gasteiger partial charge in [0, 0.05) is 38.0 Å². The Hall–Kier alpha value is -1.07. The predicted molar refractivity (Wildman–Crippen MR) is 141 cm³/mol. The minimum atomic E-state index is 0.182. The number of likely N-dealkylation sites (N-methyl/N-ethyl adjacent to an activating group) is 1. The quantitative estimate of drug-likeness (QED) is 0.360. The standard InChI is InChI=1S/C17H34N2O.C6H12.C5H9NO/c1-15(17-8-6-5-7-9-17)14-19(12-11-18-3)16(2)10-13-20-4;1-3-6(2)4-5-6;1-5(2-3-5)6-4-7/h10,15,17-18H,5-9,11-14H2,1-4H3;3-5H2,1-2H3;4H,2-3H2,1H3,(H,6,7)/b16-10+;;. The van der Waals surface area contributed by atoms with E-state index in [-0.39, 0.29) is 5.54 Å². The highest BCUT2D eigenvalue weighted by molar-refractivity contribution is 5.48. The minimum Gasteiger partial charge on any atom is -0.381 e. The van der Waals surface area contributed by atoms with Gasteiger partial charge in [-0.3, -0.25) is 4.79 Å². The molecule has 1 atom stereocenters. The van der Waals surface area contributed by atoms with Crippen molar-refractivity contribution < 1.29 is 9.53 Å². The highest BCUT2D eigenvalue weighted by Crippen LogP contribution is 2.47. The molecule has 5 heteroatoms. The van der Waals surface area contributed by atoms with Crippen LogP contribution in [0, 0.1) is 17.3 Å². The Labute approximate surface area is 205 Å². The summed E-state index contributed by atoms with van der Waals surface area (Å²) >= 11 is 0. The number of methoxy groups -OCH3 is 1. The number of nitrogens with one attached hydrogen (secondary N) is 2. The molecule has 0 aromatic rings. The van der Waals surface area contributed by atoms with Crippen LogP contribution in [0.2, 0.25) is 0 Å². The molecule has 33 heavy (non-hydrogen) atoms. The Bertz CT molecular complexity index is 549. The smallest absolute Gasteiger partial charge is 0.207 e. The molecule has 3 saturated carbocycles. The molecule has 0 heterocycles. The Balaban J connectivity index is 0.000000335. The normalized spacial score (nSPS) is 21.5. The van der Waals surface area contributed by atoms with Crippen LogP contribution in [-0.2, 0) is 9.53 Å². The molecule has 3 aliphatic carbocycles. The maximum atomic E-state index is 9.75. The third-order valence-corrected chi connectivity index (χ3v) is 8.00. The third kappa shape index (κ3) is 13.4. The van der Waals surface area contributed by atoms with E-state index in [1.807, 2.05) is 14.0 Å². The van der Waals surface area contributed by atoms with Crippen LogP contribution in [0.5, 0.6) is 0 Å². The van der Waals surface area contributed by atoms with Crippen LogP contribution >= 0.6 is 0 Å². The van der Waals surface area contributed by atoms with Gasteiger partial charge in [-0.25, -0.2) is 0 Å². The third-order valence-electron chi connectivity index (χ3n) is 8.00. The van der Waals surface area contributed by atoms with Crippen molar-refractivity contribution in [3.63, 3.8) is 0 Å².